The van der Waals surface area contributed by atoms with Gasteiger partial charge in [-0.2, -0.15) is 0 Å². The van der Waals surface area contributed by atoms with Crippen molar-refractivity contribution in [3.05, 3.63) is 35.9 Å². The molecule has 0 unspecified atom stereocenters. The van der Waals surface area contributed by atoms with E-state index in [0.29, 0.717) is 18.9 Å². The van der Waals surface area contributed by atoms with Gasteiger partial charge in [-0.25, -0.2) is 0 Å². The SMILES string of the molecule is C[C@@H]1CC[C@](C)(CN)C[C@H](c2ccccc2)[C@@H](O)[C@@H](O)C1. The minimum Gasteiger partial charge on any atom is -0.390 e. The van der Waals surface area contributed by atoms with Crippen LogP contribution in [0.4, 0.5) is 0 Å². The summed E-state index contributed by atoms with van der Waals surface area (Å²) in [6.07, 6.45) is 2.19. The van der Waals surface area contributed by atoms with Crippen molar-refractivity contribution in [3.8, 4) is 0 Å². The Labute approximate surface area is 128 Å². The molecule has 5 atom stereocenters. The van der Waals surface area contributed by atoms with Crippen LogP contribution in [0.3, 0.4) is 0 Å². The first-order valence-corrected chi connectivity index (χ1v) is 8.06. The van der Waals surface area contributed by atoms with Gasteiger partial charge in [0.2, 0.25) is 0 Å². The van der Waals surface area contributed by atoms with E-state index in [1.807, 2.05) is 30.3 Å². The molecule has 0 aliphatic heterocycles. The summed E-state index contributed by atoms with van der Waals surface area (Å²) in [7, 11) is 0. The number of hydrogen-bond acceptors (Lipinski definition) is 3. The first-order chi connectivity index (χ1) is 9.95. The van der Waals surface area contributed by atoms with Crippen molar-refractivity contribution in [3.63, 3.8) is 0 Å². The lowest BCUT2D eigenvalue weighted by Gasteiger charge is -2.34. The summed E-state index contributed by atoms with van der Waals surface area (Å²) in [6, 6.07) is 10.0. The van der Waals surface area contributed by atoms with Crippen LogP contribution in [0.15, 0.2) is 30.3 Å². The van der Waals surface area contributed by atoms with Gasteiger partial charge in [0.1, 0.15) is 0 Å². The van der Waals surface area contributed by atoms with E-state index >= 15 is 0 Å². The molecule has 118 valence electrons. The molecule has 0 spiro atoms. The van der Waals surface area contributed by atoms with Gasteiger partial charge in [0.05, 0.1) is 12.2 Å². The van der Waals surface area contributed by atoms with E-state index < -0.39 is 12.2 Å². The Morgan fingerprint density at radius 3 is 2.52 bits per heavy atom. The minimum absolute atomic E-state index is 0.0137. The molecule has 1 fully saturated rings. The quantitative estimate of drug-likeness (QED) is 0.785. The average molecular weight is 291 g/mol. The lowest BCUT2D eigenvalue weighted by atomic mass is 9.73. The molecule has 1 aromatic rings. The van der Waals surface area contributed by atoms with E-state index in [0.717, 1.165) is 24.8 Å². The molecule has 3 heteroatoms. The first-order valence-electron chi connectivity index (χ1n) is 8.06. The van der Waals surface area contributed by atoms with Gasteiger partial charge in [0.15, 0.2) is 0 Å². The maximum absolute atomic E-state index is 10.7. The molecule has 1 saturated carbocycles. The smallest absolute Gasteiger partial charge is 0.0867 e. The van der Waals surface area contributed by atoms with Crippen molar-refractivity contribution in [1.29, 1.82) is 0 Å². The van der Waals surface area contributed by atoms with Gasteiger partial charge in [-0.1, -0.05) is 50.6 Å². The van der Waals surface area contributed by atoms with Crippen LogP contribution in [0.5, 0.6) is 0 Å². The molecule has 2 rings (SSSR count). The van der Waals surface area contributed by atoms with Crippen LogP contribution >= 0.6 is 0 Å². The largest absolute Gasteiger partial charge is 0.390 e. The predicted molar refractivity (Wildman–Crippen MR) is 86.0 cm³/mol. The van der Waals surface area contributed by atoms with Crippen molar-refractivity contribution in [2.75, 3.05) is 6.54 Å². The zero-order valence-corrected chi connectivity index (χ0v) is 13.2. The molecule has 0 saturated heterocycles. The van der Waals surface area contributed by atoms with Crippen LogP contribution in [0.25, 0.3) is 0 Å². The predicted octanol–water partition coefficient (Wildman–Crippen LogP) is 2.67. The topological polar surface area (TPSA) is 66.5 Å². The maximum atomic E-state index is 10.7. The third-order valence-electron chi connectivity index (χ3n) is 5.12. The third-order valence-corrected chi connectivity index (χ3v) is 5.12. The van der Waals surface area contributed by atoms with E-state index in [4.69, 9.17) is 5.73 Å². The van der Waals surface area contributed by atoms with Gasteiger partial charge in [-0.05, 0) is 42.7 Å². The van der Waals surface area contributed by atoms with Gasteiger partial charge in [0, 0.05) is 5.92 Å². The molecule has 4 N–H and O–H groups in total. The summed E-state index contributed by atoms with van der Waals surface area (Å²) in [5.41, 5.74) is 7.14. The summed E-state index contributed by atoms with van der Waals surface area (Å²) in [6.45, 7) is 4.97. The Hall–Kier alpha value is -0.900. The number of aliphatic hydroxyl groups excluding tert-OH is 2. The molecule has 0 radical (unpaired) electrons. The zero-order valence-electron chi connectivity index (χ0n) is 13.2. The molecule has 0 aromatic heterocycles. The van der Waals surface area contributed by atoms with E-state index in [1.165, 1.54) is 0 Å². The molecule has 0 amide bonds. The van der Waals surface area contributed by atoms with Crippen LogP contribution in [0.1, 0.15) is 51.0 Å². The zero-order chi connectivity index (χ0) is 15.5. The van der Waals surface area contributed by atoms with E-state index in [2.05, 4.69) is 13.8 Å². The van der Waals surface area contributed by atoms with Crippen LogP contribution < -0.4 is 5.73 Å². The van der Waals surface area contributed by atoms with Gasteiger partial charge in [-0.3, -0.25) is 0 Å². The highest BCUT2D eigenvalue weighted by Gasteiger charge is 2.36. The van der Waals surface area contributed by atoms with Crippen molar-refractivity contribution >= 4 is 0 Å². The Morgan fingerprint density at radius 1 is 1.24 bits per heavy atom. The van der Waals surface area contributed by atoms with Crippen molar-refractivity contribution in [2.45, 2.75) is 57.7 Å². The summed E-state index contributed by atoms with van der Waals surface area (Å²) >= 11 is 0. The lowest BCUT2D eigenvalue weighted by Crippen LogP contribution is -2.36. The average Bonchev–Trinajstić information content (AvgIpc) is 2.54. The molecule has 0 bridgehead atoms. The Balaban J connectivity index is 2.33. The fourth-order valence-corrected chi connectivity index (χ4v) is 3.49. The number of rotatable bonds is 2. The third kappa shape index (κ3) is 4.06. The number of nitrogens with two attached hydrogens (primary N) is 1. The standard InChI is InChI=1S/C18H29NO2/c1-13-8-9-18(2,12-19)11-15(17(21)16(20)10-13)14-6-4-3-5-7-14/h3-7,13,15-17,20-21H,8-12,19H2,1-2H3/t13-,15-,16+,17-,18+/m1/s1. The molecule has 0 heterocycles. The van der Waals surface area contributed by atoms with Gasteiger partial charge >= 0.3 is 0 Å². The summed E-state index contributed by atoms with van der Waals surface area (Å²) in [4.78, 5) is 0. The molecule has 1 aliphatic carbocycles. The van der Waals surface area contributed by atoms with Gasteiger partial charge in [0.25, 0.3) is 0 Å². The van der Waals surface area contributed by atoms with Crippen LogP contribution in [0.2, 0.25) is 0 Å². The molecule has 1 aromatic carbocycles. The minimum atomic E-state index is -0.723. The van der Waals surface area contributed by atoms with E-state index in [1.54, 1.807) is 0 Å². The number of aliphatic hydroxyl groups is 2. The Bertz CT molecular complexity index is 436. The Morgan fingerprint density at radius 2 is 1.90 bits per heavy atom. The van der Waals surface area contributed by atoms with Crippen LogP contribution in [0, 0.1) is 11.3 Å². The second-order valence-corrected chi connectivity index (χ2v) is 7.17. The highest BCUT2D eigenvalue weighted by atomic mass is 16.3. The van der Waals surface area contributed by atoms with Crippen LogP contribution in [-0.4, -0.2) is 29.0 Å². The monoisotopic (exact) mass is 291 g/mol. The van der Waals surface area contributed by atoms with E-state index in [9.17, 15) is 10.2 Å². The maximum Gasteiger partial charge on any atom is 0.0867 e. The van der Waals surface area contributed by atoms with Crippen molar-refractivity contribution in [2.24, 2.45) is 17.1 Å². The molecule has 3 nitrogen and oxygen atoms in total. The molecule has 21 heavy (non-hydrogen) atoms. The molecular formula is C18H29NO2. The van der Waals surface area contributed by atoms with Gasteiger partial charge in [-0.15, -0.1) is 0 Å². The second-order valence-electron chi connectivity index (χ2n) is 7.17. The number of benzene rings is 1. The first kappa shape index (κ1) is 16.5. The fourth-order valence-electron chi connectivity index (χ4n) is 3.49. The van der Waals surface area contributed by atoms with E-state index in [-0.39, 0.29) is 11.3 Å². The summed E-state index contributed by atoms with van der Waals surface area (Å²) in [5.74, 6) is 0.357. The summed E-state index contributed by atoms with van der Waals surface area (Å²) < 4.78 is 0. The highest BCUT2D eigenvalue weighted by molar-refractivity contribution is 5.22. The lowest BCUT2D eigenvalue weighted by molar-refractivity contribution is -0.0127. The van der Waals surface area contributed by atoms with Crippen molar-refractivity contribution in [1.82, 2.24) is 0 Å². The summed E-state index contributed by atoms with van der Waals surface area (Å²) in [5, 5.41) is 21.0. The molecule has 1 aliphatic rings. The van der Waals surface area contributed by atoms with Crippen molar-refractivity contribution < 1.29 is 10.2 Å². The molecular weight excluding hydrogens is 262 g/mol. The Kier molecular flexibility index (Phi) is 5.42. The highest BCUT2D eigenvalue weighted by Crippen LogP contribution is 2.41. The van der Waals surface area contributed by atoms with Crippen LogP contribution in [-0.2, 0) is 0 Å². The fraction of sp³-hybridized carbons (Fsp3) is 0.667. The second kappa shape index (κ2) is 6.91. The normalized spacial score (nSPS) is 38.3. The van der Waals surface area contributed by atoms with Gasteiger partial charge < -0.3 is 15.9 Å². The number of hydrogen-bond donors (Lipinski definition) is 3.